The van der Waals surface area contributed by atoms with Crippen LogP contribution in [0.2, 0.25) is 0 Å². The highest BCUT2D eigenvalue weighted by atomic mass is 127. The summed E-state index contributed by atoms with van der Waals surface area (Å²) in [4.78, 5) is 4.68. The third-order valence-electron chi connectivity index (χ3n) is 4.51. The molecule has 2 atom stereocenters. The second-order valence-electron chi connectivity index (χ2n) is 5.88. The zero-order valence-electron chi connectivity index (χ0n) is 12.2. The molecule has 0 saturated carbocycles. The Morgan fingerprint density at radius 2 is 1.83 bits per heavy atom. The predicted molar refractivity (Wildman–Crippen MR) is 98.7 cm³/mol. The SMILES string of the molecule is FC(F)(I)[C@H]1CCc2ccccc2C1c1nc2ccccc2s1. The number of benzene rings is 2. The maximum Gasteiger partial charge on any atom is 0.300 e. The summed E-state index contributed by atoms with van der Waals surface area (Å²) in [6, 6.07) is 15.8. The molecule has 1 aliphatic rings. The van der Waals surface area contributed by atoms with Gasteiger partial charge in [-0.25, -0.2) is 4.98 Å². The molecule has 0 radical (unpaired) electrons. The van der Waals surface area contributed by atoms with Crippen molar-refractivity contribution in [3.05, 3.63) is 64.7 Å². The van der Waals surface area contributed by atoms with Gasteiger partial charge in [-0.05, 0) is 58.7 Å². The minimum atomic E-state index is -2.74. The molecule has 1 heterocycles. The Hall–Kier alpha value is -1.08. The molecule has 0 spiro atoms. The number of rotatable bonds is 2. The molecular weight excluding hydrogens is 427 g/mol. The van der Waals surface area contributed by atoms with Crippen molar-refractivity contribution in [1.29, 1.82) is 0 Å². The molecule has 0 bridgehead atoms. The van der Waals surface area contributed by atoms with E-state index in [1.54, 1.807) is 0 Å². The van der Waals surface area contributed by atoms with E-state index in [-0.39, 0.29) is 5.92 Å². The van der Waals surface area contributed by atoms with Crippen molar-refractivity contribution in [2.45, 2.75) is 22.7 Å². The summed E-state index contributed by atoms with van der Waals surface area (Å²) < 4.78 is 26.8. The van der Waals surface area contributed by atoms with Crippen molar-refractivity contribution >= 4 is 44.1 Å². The standard InChI is InChI=1S/C18H14F2INS/c19-18(20,21)13-10-9-11-5-1-2-6-12(11)16(13)17-22-14-7-3-4-8-15(14)23-17/h1-8,13,16H,9-10H2/t13-,16?/m0/s1. The van der Waals surface area contributed by atoms with Crippen LogP contribution in [0.3, 0.4) is 0 Å². The van der Waals surface area contributed by atoms with Crippen LogP contribution in [0.25, 0.3) is 10.2 Å². The van der Waals surface area contributed by atoms with Crippen molar-refractivity contribution in [2.24, 2.45) is 5.92 Å². The topological polar surface area (TPSA) is 12.9 Å². The Labute approximate surface area is 150 Å². The molecule has 1 aromatic heterocycles. The second-order valence-corrected chi connectivity index (χ2v) is 8.38. The maximum atomic E-state index is 14.3. The lowest BCUT2D eigenvalue weighted by Gasteiger charge is -2.35. The van der Waals surface area contributed by atoms with Gasteiger partial charge in [0.25, 0.3) is 3.93 Å². The Balaban J connectivity index is 1.90. The molecule has 0 amide bonds. The molecule has 2 aromatic carbocycles. The van der Waals surface area contributed by atoms with E-state index in [2.05, 4.69) is 11.1 Å². The largest absolute Gasteiger partial charge is 0.300 e. The van der Waals surface area contributed by atoms with E-state index in [4.69, 9.17) is 0 Å². The zero-order chi connectivity index (χ0) is 16.0. The second kappa shape index (κ2) is 5.77. The first-order valence-corrected chi connectivity index (χ1v) is 9.43. The lowest BCUT2D eigenvalue weighted by Crippen LogP contribution is -2.32. The van der Waals surface area contributed by atoms with Crippen LogP contribution >= 0.6 is 33.9 Å². The molecule has 1 unspecified atom stereocenters. The Bertz CT molecular complexity index is 822. The first-order chi connectivity index (χ1) is 11.0. The summed E-state index contributed by atoms with van der Waals surface area (Å²) >= 11 is 2.84. The predicted octanol–water partition coefficient (Wildman–Crippen LogP) is 6.02. The number of aryl methyl sites for hydroxylation is 1. The van der Waals surface area contributed by atoms with E-state index in [1.807, 2.05) is 42.5 Å². The quantitative estimate of drug-likeness (QED) is 0.350. The van der Waals surface area contributed by atoms with Gasteiger partial charge in [-0.2, -0.15) is 8.78 Å². The van der Waals surface area contributed by atoms with Crippen LogP contribution in [0.4, 0.5) is 8.78 Å². The number of para-hydroxylation sites is 1. The molecule has 118 valence electrons. The van der Waals surface area contributed by atoms with Crippen LogP contribution in [0, 0.1) is 5.92 Å². The number of nitrogens with zero attached hydrogens (tertiary/aromatic N) is 1. The van der Waals surface area contributed by atoms with Gasteiger partial charge in [0.2, 0.25) is 0 Å². The van der Waals surface area contributed by atoms with Crippen LogP contribution in [0.1, 0.15) is 28.5 Å². The average molecular weight is 441 g/mol. The molecule has 0 saturated heterocycles. The highest BCUT2D eigenvalue weighted by molar-refractivity contribution is 14.1. The number of halogens is 3. The van der Waals surface area contributed by atoms with Gasteiger partial charge in [-0.15, -0.1) is 11.3 Å². The summed E-state index contributed by atoms with van der Waals surface area (Å²) in [7, 11) is 0. The van der Waals surface area contributed by atoms with Gasteiger partial charge < -0.3 is 0 Å². The number of fused-ring (bicyclic) bond motifs is 2. The molecule has 23 heavy (non-hydrogen) atoms. The molecule has 0 fully saturated rings. The molecule has 5 heteroatoms. The minimum Gasteiger partial charge on any atom is -0.241 e. The average Bonchev–Trinajstić information content (AvgIpc) is 2.96. The van der Waals surface area contributed by atoms with Crippen molar-refractivity contribution in [3.8, 4) is 0 Å². The molecular formula is C18H14F2INS. The molecule has 1 nitrogen and oxygen atoms in total. The lowest BCUT2D eigenvalue weighted by molar-refractivity contribution is 0.0411. The highest BCUT2D eigenvalue weighted by Crippen LogP contribution is 2.51. The molecule has 4 rings (SSSR count). The van der Waals surface area contributed by atoms with E-state index in [9.17, 15) is 8.78 Å². The lowest BCUT2D eigenvalue weighted by atomic mass is 9.75. The number of aromatic nitrogens is 1. The summed E-state index contributed by atoms with van der Waals surface area (Å²) in [5.41, 5.74) is 3.08. The Morgan fingerprint density at radius 1 is 1.09 bits per heavy atom. The monoisotopic (exact) mass is 441 g/mol. The van der Waals surface area contributed by atoms with Gasteiger partial charge in [-0.3, -0.25) is 0 Å². The van der Waals surface area contributed by atoms with E-state index >= 15 is 0 Å². The van der Waals surface area contributed by atoms with Gasteiger partial charge in [0.15, 0.2) is 0 Å². The Morgan fingerprint density at radius 3 is 2.61 bits per heavy atom. The van der Waals surface area contributed by atoms with Gasteiger partial charge in [0.05, 0.1) is 10.2 Å². The van der Waals surface area contributed by atoms with E-state index in [0.717, 1.165) is 20.8 Å². The first kappa shape index (κ1) is 15.4. The summed E-state index contributed by atoms with van der Waals surface area (Å²) in [5, 5.41) is 0.805. The zero-order valence-corrected chi connectivity index (χ0v) is 15.2. The molecule has 0 aliphatic heterocycles. The Kier molecular flexibility index (Phi) is 3.88. The minimum absolute atomic E-state index is 0.329. The fourth-order valence-corrected chi connectivity index (χ4v) is 5.26. The molecule has 3 aromatic rings. The van der Waals surface area contributed by atoms with Crippen molar-refractivity contribution in [2.75, 3.05) is 0 Å². The number of hydrogen-bond donors (Lipinski definition) is 0. The maximum absolute atomic E-state index is 14.3. The van der Waals surface area contributed by atoms with Crippen molar-refractivity contribution in [3.63, 3.8) is 0 Å². The number of hydrogen-bond acceptors (Lipinski definition) is 2. The van der Waals surface area contributed by atoms with Crippen LogP contribution in [0.15, 0.2) is 48.5 Å². The van der Waals surface area contributed by atoms with E-state index in [0.29, 0.717) is 12.8 Å². The van der Waals surface area contributed by atoms with E-state index in [1.165, 1.54) is 39.5 Å². The van der Waals surface area contributed by atoms with Crippen LogP contribution in [-0.2, 0) is 6.42 Å². The molecule has 1 aliphatic carbocycles. The molecule has 0 N–H and O–H groups in total. The third-order valence-corrected chi connectivity index (χ3v) is 6.43. The van der Waals surface area contributed by atoms with Crippen molar-refractivity contribution < 1.29 is 8.78 Å². The summed E-state index contributed by atoms with van der Waals surface area (Å²) in [6.07, 6.45) is 1.20. The van der Waals surface area contributed by atoms with E-state index < -0.39 is 9.85 Å². The summed E-state index contributed by atoms with van der Waals surface area (Å²) in [5.74, 6) is -1.04. The first-order valence-electron chi connectivity index (χ1n) is 7.54. The van der Waals surface area contributed by atoms with Gasteiger partial charge >= 0.3 is 0 Å². The van der Waals surface area contributed by atoms with Crippen LogP contribution in [-0.4, -0.2) is 8.91 Å². The fourth-order valence-electron chi connectivity index (χ4n) is 3.44. The number of alkyl halides is 3. The number of thiazole rings is 1. The summed E-state index contributed by atoms with van der Waals surface area (Å²) in [6.45, 7) is 0. The highest BCUT2D eigenvalue weighted by Gasteiger charge is 2.46. The smallest absolute Gasteiger partial charge is 0.241 e. The fraction of sp³-hybridized carbons (Fsp3) is 0.278. The van der Waals surface area contributed by atoms with Gasteiger partial charge in [-0.1, -0.05) is 36.4 Å². The van der Waals surface area contributed by atoms with Crippen LogP contribution < -0.4 is 0 Å². The third kappa shape index (κ3) is 2.78. The van der Waals surface area contributed by atoms with Crippen molar-refractivity contribution in [1.82, 2.24) is 4.98 Å². The van der Waals surface area contributed by atoms with Crippen LogP contribution in [0.5, 0.6) is 0 Å². The van der Waals surface area contributed by atoms with Gasteiger partial charge in [0.1, 0.15) is 5.01 Å². The van der Waals surface area contributed by atoms with Gasteiger partial charge in [0, 0.05) is 11.8 Å². The normalized spacial score (nSPS) is 21.3.